The van der Waals surface area contributed by atoms with E-state index in [1.807, 2.05) is 11.3 Å². The number of rotatable bonds is 6. The van der Waals surface area contributed by atoms with E-state index in [0.29, 0.717) is 0 Å². The van der Waals surface area contributed by atoms with Crippen LogP contribution in [-0.2, 0) is 0 Å². The second-order valence-electron chi connectivity index (χ2n) is 12.2. The first-order chi connectivity index (χ1) is 23.8. The van der Waals surface area contributed by atoms with Crippen LogP contribution in [0.5, 0.6) is 0 Å². The SMILES string of the molecule is c1ccc(-c2ccc(N(c3ccc(-c4cc5sc6ccccc6c5cc4-c4ccccc4)cc3)c3ccc4ccccc4c3)cc2)cc1. The molecule has 0 bridgehead atoms. The summed E-state index contributed by atoms with van der Waals surface area (Å²) >= 11 is 1.87. The Kier molecular flexibility index (Phi) is 7.07. The van der Waals surface area contributed by atoms with Gasteiger partial charge >= 0.3 is 0 Å². The molecule has 0 aliphatic heterocycles. The third-order valence-corrected chi connectivity index (χ3v) is 10.4. The zero-order valence-electron chi connectivity index (χ0n) is 26.3. The van der Waals surface area contributed by atoms with Gasteiger partial charge < -0.3 is 4.90 Å². The molecule has 8 aromatic carbocycles. The molecular formula is C46H31NS. The van der Waals surface area contributed by atoms with Gasteiger partial charge in [0.2, 0.25) is 0 Å². The lowest BCUT2D eigenvalue weighted by Crippen LogP contribution is -2.09. The van der Waals surface area contributed by atoms with Crippen LogP contribution in [0.15, 0.2) is 188 Å². The predicted octanol–water partition coefficient (Wildman–Crippen LogP) is 13.7. The lowest BCUT2D eigenvalue weighted by atomic mass is 9.92. The highest BCUT2D eigenvalue weighted by atomic mass is 32.1. The van der Waals surface area contributed by atoms with Crippen LogP contribution in [-0.4, -0.2) is 0 Å². The number of hydrogen-bond acceptors (Lipinski definition) is 2. The molecule has 0 radical (unpaired) electrons. The Bertz CT molecular complexity index is 2530. The molecule has 1 aromatic heterocycles. The van der Waals surface area contributed by atoms with Gasteiger partial charge in [0.05, 0.1) is 0 Å². The van der Waals surface area contributed by atoms with Crippen molar-refractivity contribution < 1.29 is 0 Å². The minimum absolute atomic E-state index is 1.12. The van der Waals surface area contributed by atoms with Crippen LogP contribution < -0.4 is 4.90 Å². The summed E-state index contributed by atoms with van der Waals surface area (Å²) in [6, 6.07) is 68.2. The highest BCUT2D eigenvalue weighted by molar-refractivity contribution is 7.25. The van der Waals surface area contributed by atoms with E-state index < -0.39 is 0 Å². The Morgan fingerprint density at radius 1 is 0.312 bits per heavy atom. The molecule has 1 heterocycles. The average molecular weight is 630 g/mol. The molecule has 2 heteroatoms. The number of fused-ring (bicyclic) bond motifs is 4. The second kappa shape index (κ2) is 12.0. The summed E-state index contributed by atoms with van der Waals surface area (Å²) in [6.07, 6.45) is 0. The molecule has 0 N–H and O–H groups in total. The van der Waals surface area contributed by atoms with Gasteiger partial charge in [0.15, 0.2) is 0 Å². The van der Waals surface area contributed by atoms with E-state index in [9.17, 15) is 0 Å². The second-order valence-corrected chi connectivity index (χ2v) is 13.3. The van der Waals surface area contributed by atoms with Gasteiger partial charge in [0, 0.05) is 37.2 Å². The number of nitrogens with zero attached hydrogens (tertiary/aromatic N) is 1. The van der Waals surface area contributed by atoms with Gasteiger partial charge in [-0.15, -0.1) is 11.3 Å². The summed E-state index contributed by atoms with van der Waals surface area (Å²) in [5.74, 6) is 0. The van der Waals surface area contributed by atoms with E-state index in [2.05, 4.69) is 193 Å². The van der Waals surface area contributed by atoms with E-state index in [1.54, 1.807) is 0 Å². The van der Waals surface area contributed by atoms with Crippen molar-refractivity contribution in [2.45, 2.75) is 0 Å². The van der Waals surface area contributed by atoms with Crippen molar-refractivity contribution in [1.82, 2.24) is 0 Å². The van der Waals surface area contributed by atoms with Crippen LogP contribution in [0.2, 0.25) is 0 Å². The molecule has 9 aromatic rings. The third kappa shape index (κ3) is 5.13. The van der Waals surface area contributed by atoms with Crippen LogP contribution in [0.4, 0.5) is 17.1 Å². The van der Waals surface area contributed by atoms with E-state index in [4.69, 9.17) is 0 Å². The van der Waals surface area contributed by atoms with Gasteiger partial charge in [0.1, 0.15) is 0 Å². The van der Waals surface area contributed by atoms with Crippen LogP contribution in [0, 0.1) is 0 Å². The first-order valence-corrected chi connectivity index (χ1v) is 17.2. The van der Waals surface area contributed by atoms with E-state index in [1.165, 1.54) is 64.3 Å². The zero-order valence-corrected chi connectivity index (χ0v) is 27.1. The summed E-state index contributed by atoms with van der Waals surface area (Å²) in [5.41, 5.74) is 10.7. The van der Waals surface area contributed by atoms with E-state index in [-0.39, 0.29) is 0 Å². The van der Waals surface area contributed by atoms with Crippen molar-refractivity contribution in [1.29, 1.82) is 0 Å². The van der Waals surface area contributed by atoms with Crippen molar-refractivity contribution >= 4 is 59.3 Å². The Labute approximate surface area is 284 Å². The number of anilines is 3. The quantitative estimate of drug-likeness (QED) is 0.177. The molecule has 48 heavy (non-hydrogen) atoms. The maximum atomic E-state index is 2.39. The van der Waals surface area contributed by atoms with Crippen LogP contribution in [0.3, 0.4) is 0 Å². The summed E-state index contributed by atoms with van der Waals surface area (Å²) in [6.45, 7) is 0. The van der Waals surface area contributed by atoms with Crippen molar-refractivity contribution in [3.05, 3.63) is 188 Å². The maximum absolute atomic E-state index is 2.39. The topological polar surface area (TPSA) is 3.24 Å². The van der Waals surface area contributed by atoms with E-state index in [0.717, 1.165) is 17.1 Å². The Hall–Kier alpha value is -5.96. The highest BCUT2D eigenvalue weighted by Crippen LogP contribution is 2.43. The Morgan fingerprint density at radius 3 is 1.56 bits per heavy atom. The van der Waals surface area contributed by atoms with Crippen LogP contribution in [0.1, 0.15) is 0 Å². The number of hydrogen-bond donors (Lipinski definition) is 0. The molecule has 0 saturated heterocycles. The highest BCUT2D eigenvalue weighted by Gasteiger charge is 2.17. The lowest BCUT2D eigenvalue weighted by Gasteiger charge is -2.26. The molecule has 0 aliphatic carbocycles. The fourth-order valence-corrected chi connectivity index (χ4v) is 7.98. The number of benzene rings is 8. The minimum atomic E-state index is 1.12. The molecule has 1 nitrogen and oxygen atoms in total. The normalized spacial score (nSPS) is 11.3. The first kappa shape index (κ1) is 28.3. The molecule has 0 atom stereocenters. The zero-order chi connectivity index (χ0) is 31.9. The summed E-state index contributed by atoms with van der Waals surface area (Å²) in [5, 5.41) is 5.10. The molecule has 0 amide bonds. The van der Waals surface area contributed by atoms with Gasteiger partial charge in [-0.25, -0.2) is 0 Å². The van der Waals surface area contributed by atoms with Gasteiger partial charge in [0.25, 0.3) is 0 Å². The van der Waals surface area contributed by atoms with Crippen molar-refractivity contribution in [3.63, 3.8) is 0 Å². The molecule has 0 fully saturated rings. The number of thiophene rings is 1. The fraction of sp³-hybridized carbons (Fsp3) is 0. The fourth-order valence-electron chi connectivity index (χ4n) is 6.85. The van der Waals surface area contributed by atoms with Crippen molar-refractivity contribution in [3.8, 4) is 33.4 Å². The smallest absolute Gasteiger partial charge is 0.0468 e. The van der Waals surface area contributed by atoms with Gasteiger partial charge in [-0.3, -0.25) is 0 Å². The standard InChI is InChI=1S/C46H31NS/c1-3-11-32(12-4-1)34-19-24-38(25-20-34)47(40-28-21-33-13-7-8-16-37(33)29-40)39-26-22-36(23-27-39)43-31-46-44(41-17-9-10-18-45(41)48-46)30-42(43)35-14-5-2-6-15-35/h1-31H. The molecule has 0 spiro atoms. The largest absolute Gasteiger partial charge is 0.310 e. The molecule has 0 aliphatic rings. The maximum Gasteiger partial charge on any atom is 0.0468 e. The summed E-state index contributed by atoms with van der Waals surface area (Å²) in [4.78, 5) is 2.36. The lowest BCUT2D eigenvalue weighted by molar-refractivity contribution is 1.29. The first-order valence-electron chi connectivity index (χ1n) is 16.3. The Balaban J connectivity index is 1.17. The van der Waals surface area contributed by atoms with E-state index >= 15 is 0 Å². The molecule has 0 saturated carbocycles. The van der Waals surface area contributed by atoms with Crippen molar-refractivity contribution in [2.24, 2.45) is 0 Å². The molecule has 226 valence electrons. The molecule has 0 unspecified atom stereocenters. The summed E-state index contributed by atoms with van der Waals surface area (Å²) in [7, 11) is 0. The average Bonchev–Trinajstić information content (AvgIpc) is 3.53. The minimum Gasteiger partial charge on any atom is -0.310 e. The van der Waals surface area contributed by atoms with Gasteiger partial charge in [-0.1, -0.05) is 133 Å². The van der Waals surface area contributed by atoms with Gasteiger partial charge in [-0.05, 0) is 98.8 Å². The van der Waals surface area contributed by atoms with Crippen LogP contribution in [0.25, 0.3) is 64.3 Å². The molecular weight excluding hydrogens is 599 g/mol. The summed E-state index contributed by atoms with van der Waals surface area (Å²) < 4.78 is 2.63. The predicted molar refractivity (Wildman–Crippen MR) is 208 cm³/mol. The van der Waals surface area contributed by atoms with Gasteiger partial charge in [-0.2, -0.15) is 0 Å². The molecule has 9 rings (SSSR count). The van der Waals surface area contributed by atoms with Crippen molar-refractivity contribution in [2.75, 3.05) is 4.90 Å². The third-order valence-electron chi connectivity index (χ3n) is 9.26. The van der Waals surface area contributed by atoms with Crippen LogP contribution >= 0.6 is 11.3 Å². The monoisotopic (exact) mass is 629 g/mol. The Morgan fingerprint density at radius 2 is 0.833 bits per heavy atom.